The number of carbonyl (C=O) groups is 1. The fourth-order valence-corrected chi connectivity index (χ4v) is 6.37. The summed E-state index contributed by atoms with van der Waals surface area (Å²) in [5, 5.41) is 1.99. The van der Waals surface area contributed by atoms with Crippen molar-refractivity contribution in [3.8, 4) is 0 Å². The van der Waals surface area contributed by atoms with E-state index in [0.717, 1.165) is 37.2 Å². The smallest absolute Gasteiger partial charge is 0.263 e. The summed E-state index contributed by atoms with van der Waals surface area (Å²) in [5.74, 6) is 0.693. The highest BCUT2D eigenvalue weighted by Crippen LogP contribution is 2.32. The fraction of sp³-hybridized carbons (Fsp3) is 0.393. The summed E-state index contributed by atoms with van der Waals surface area (Å²) in [6.45, 7) is 2.27. The summed E-state index contributed by atoms with van der Waals surface area (Å²) < 4.78 is 0. The van der Waals surface area contributed by atoms with Crippen molar-refractivity contribution >= 4 is 17.2 Å². The Kier molecular flexibility index (Phi) is 6.42. The molecule has 1 aliphatic heterocycles. The molecular weight excluding hydrogens is 412 g/mol. The minimum atomic E-state index is 0.162. The number of hydrogen-bond donors (Lipinski definition) is 0. The Morgan fingerprint density at radius 2 is 1.62 bits per heavy atom. The first-order chi connectivity index (χ1) is 15.7. The molecule has 2 aliphatic rings. The first kappa shape index (κ1) is 21.4. The highest BCUT2D eigenvalue weighted by atomic mass is 32.1. The number of benzene rings is 2. The number of thiophene rings is 1. The molecule has 0 N–H and O–H groups in total. The second-order valence-corrected chi connectivity index (χ2v) is 10.3. The van der Waals surface area contributed by atoms with Crippen LogP contribution in [-0.2, 0) is 19.3 Å². The van der Waals surface area contributed by atoms with Gasteiger partial charge < -0.3 is 4.90 Å². The molecule has 5 rings (SSSR count). The van der Waals surface area contributed by atoms with Crippen molar-refractivity contribution in [1.82, 2.24) is 9.80 Å². The molecule has 0 radical (unpaired) electrons. The third-order valence-corrected chi connectivity index (χ3v) is 8.36. The summed E-state index contributed by atoms with van der Waals surface area (Å²) in [5.41, 5.74) is 4.38. The van der Waals surface area contributed by atoms with Crippen molar-refractivity contribution in [1.29, 1.82) is 0 Å². The minimum absolute atomic E-state index is 0.162. The van der Waals surface area contributed by atoms with Crippen LogP contribution < -0.4 is 0 Å². The summed E-state index contributed by atoms with van der Waals surface area (Å²) >= 11 is 1.54. The molecule has 1 amide bonds. The summed E-state index contributed by atoms with van der Waals surface area (Å²) in [4.78, 5) is 18.8. The Bertz CT molecular complexity index is 1000. The topological polar surface area (TPSA) is 23.6 Å². The van der Waals surface area contributed by atoms with E-state index in [-0.39, 0.29) is 11.9 Å². The molecule has 1 aliphatic carbocycles. The molecule has 1 fully saturated rings. The van der Waals surface area contributed by atoms with Crippen LogP contribution in [0.4, 0.5) is 0 Å². The molecule has 2 aromatic carbocycles. The van der Waals surface area contributed by atoms with E-state index < -0.39 is 0 Å². The zero-order chi connectivity index (χ0) is 21.9. The monoisotopic (exact) mass is 444 g/mol. The van der Waals surface area contributed by atoms with Gasteiger partial charge in [-0.25, -0.2) is 0 Å². The molecule has 166 valence electrons. The molecule has 1 aromatic heterocycles. The quantitative estimate of drug-likeness (QED) is 0.514. The van der Waals surface area contributed by atoms with Crippen LogP contribution in [0.15, 0.2) is 72.1 Å². The van der Waals surface area contributed by atoms with Gasteiger partial charge in [0.15, 0.2) is 0 Å². The molecule has 32 heavy (non-hydrogen) atoms. The van der Waals surface area contributed by atoms with Gasteiger partial charge in [-0.05, 0) is 79.2 Å². The van der Waals surface area contributed by atoms with Crippen LogP contribution in [0.5, 0.6) is 0 Å². The molecule has 0 unspecified atom stereocenters. The van der Waals surface area contributed by atoms with Crippen molar-refractivity contribution in [2.75, 3.05) is 20.1 Å². The largest absolute Gasteiger partial charge is 0.337 e. The lowest BCUT2D eigenvalue weighted by atomic mass is 9.84. The third kappa shape index (κ3) is 4.53. The maximum Gasteiger partial charge on any atom is 0.263 e. The number of piperidine rings is 1. The fourth-order valence-electron chi connectivity index (χ4n) is 5.66. The van der Waals surface area contributed by atoms with Gasteiger partial charge in [0.1, 0.15) is 0 Å². The Labute approximate surface area is 195 Å². The normalized spacial score (nSPS) is 18.4. The number of amides is 1. The number of nitrogens with zero attached hydrogens (tertiary/aromatic N) is 2. The first-order valence-electron chi connectivity index (χ1n) is 11.8. The molecule has 3 aromatic rings. The Morgan fingerprint density at radius 1 is 0.969 bits per heavy atom. The van der Waals surface area contributed by atoms with Gasteiger partial charge in [-0.15, -0.1) is 11.3 Å². The second kappa shape index (κ2) is 9.60. The maximum absolute atomic E-state index is 13.2. The van der Waals surface area contributed by atoms with Crippen molar-refractivity contribution in [2.24, 2.45) is 5.92 Å². The molecular formula is C28H32N2OS. The van der Waals surface area contributed by atoms with Crippen LogP contribution in [0.25, 0.3) is 0 Å². The van der Waals surface area contributed by atoms with E-state index in [2.05, 4.69) is 59.5 Å². The number of rotatable bonds is 6. The van der Waals surface area contributed by atoms with Crippen LogP contribution in [0.2, 0.25) is 0 Å². The van der Waals surface area contributed by atoms with Crippen LogP contribution in [0.3, 0.4) is 0 Å². The maximum atomic E-state index is 13.2. The molecule has 0 spiro atoms. The molecule has 1 saturated heterocycles. The Hall–Kier alpha value is -2.43. The summed E-state index contributed by atoms with van der Waals surface area (Å²) in [6.07, 6.45) is 5.61. The van der Waals surface area contributed by atoms with Gasteiger partial charge in [0.25, 0.3) is 5.91 Å². The predicted octanol–water partition coefficient (Wildman–Crippen LogP) is 5.31. The van der Waals surface area contributed by atoms with Crippen molar-refractivity contribution < 1.29 is 4.79 Å². The lowest BCUT2D eigenvalue weighted by Crippen LogP contribution is -2.49. The van der Waals surface area contributed by atoms with Gasteiger partial charge >= 0.3 is 0 Å². The molecule has 0 bridgehead atoms. The highest BCUT2D eigenvalue weighted by Gasteiger charge is 2.35. The van der Waals surface area contributed by atoms with Crippen molar-refractivity contribution in [2.45, 2.75) is 44.2 Å². The van der Waals surface area contributed by atoms with E-state index in [1.165, 1.54) is 29.5 Å². The van der Waals surface area contributed by atoms with E-state index >= 15 is 0 Å². The number of likely N-dealkylation sites (tertiary alicyclic amines) is 1. The van der Waals surface area contributed by atoms with E-state index in [4.69, 9.17) is 0 Å². The third-order valence-electron chi connectivity index (χ3n) is 7.50. The van der Waals surface area contributed by atoms with Crippen molar-refractivity contribution in [3.05, 3.63) is 93.7 Å². The Morgan fingerprint density at radius 3 is 2.25 bits per heavy atom. The lowest BCUT2D eigenvalue weighted by Gasteiger charge is -2.41. The zero-order valence-electron chi connectivity index (χ0n) is 18.8. The molecule has 3 nitrogen and oxygen atoms in total. The van der Waals surface area contributed by atoms with E-state index in [1.807, 2.05) is 29.5 Å². The molecule has 1 atom stereocenters. The molecule has 0 saturated carbocycles. The van der Waals surface area contributed by atoms with Crippen LogP contribution >= 0.6 is 11.3 Å². The van der Waals surface area contributed by atoms with Gasteiger partial charge in [-0.2, -0.15) is 0 Å². The van der Waals surface area contributed by atoms with Gasteiger partial charge in [0.2, 0.25) is 0 Å². The minimum Gasteiger partial charge on any atom is -0.337 e. The van der Waals surface area contributed by atoms with Crippen molar-refractivity contribution in [3.63, 3.8) is 0 Å². The molecule has 2 heterocycles. The van der Waals surface area contributed by atoms with E-state index in [0.29, 0.717) is 12.0 Å². The summed E-state index contributed by atoms with van der Waals surface area (Å²) in [7, 11) is 2.01. The van der Waals surface area contributed by atoms with E-state index in [9.17, 15) is 4.79 Å². The predicted molar refractivity (Wildman–Crippen MR) is 132 cm³/mol. The zero-order valence-corrected chi connectivity index (χ0v) is 19.6. The second-order valence-electron chi connectivity index (χ2n) is 9.35. The highest BCUT2D eigenvalue weighted by molar-refractivity contribution is 7.12. The van der Waals surface area contributed by atoms with Gasteiger partial charge in [-0.3, -0.25) is 9.69 Å². The SMILES string of the molecule is CN(C(=O)c1cccs1)[C@@H](Cc1ccccc1)C1CCN(C2Cc3ccccc3C2)CC1. The number of carbonyl (C=O) groups excluding carboxylic acids is 1. The number of hydrogen-bond acceptors (Lipinski definition) is 3. The average Bonchev–Trinajstić information content (AvgIpc) is 3.53. The van der Waals surface area contributed by atoms with Crippen LogP contribution in [-0.4, -0.2) is 47.9 Å². The van der Waals surface area contributed by atoms with E-state index in [1.54, 1.807) is 11.3 Å². The molecule has 4 heteroatoms. The standard InChI is InChI=1S/C28H32N2OS/c1-29(28(31)27-12-7-17-32-27)26(18-21-8-3-2-4-9-21)22-13-15-30(16-14-22)25-19-23-10-5-6-11-24(23)20-25/h2-12,17,22,25-26H,13-16,18-20H2,1H3/t26-/m0/s1. The van der Waals surface area contributed by atoms with Gasteiger partial charge in [0.05, 0.1) is 4.88 Å². The lowest BCUT2D eigenvalue weighted by molar-refractivity contribution is 0.0552. The summed E-state index contributed by atoms with van der Waals surface area (Å²) in [6, 6.07) is 24.4. The average molecular weight is 445 g/mol. The Balaban J connectivity index is 1.27. The van der Waals surface area contributed by atoms with Gasteiger partial charge in [0, 0.05) is 19.1 Å². The van der Waals surface area contributed by atoms with Gasteiger partial charge in [-0.1, -0.05) is 60.7 Å². The number of likely N-dealkylation sites (N-methyl/N-ethyl adjacent to an activating group) is 1. The van der Waals surface area contributed by atoms with Crippen LogP contribution in [0, 0.1) is 5.92 Å². The van der Waals surface area contributed by atoms with Crippen LogP contribution in [0.1, 0.15) is 39.2 Å². The first-order valence-corrected chi connectivity index (χ1v) is 12.7. The number of fused-ring (bicyclic) bond motifs is 1.